The molecule has 9 heteroatoms. The highest BCUT2D eigenvalue weighted by molar-refractivity contribution is 5.86. The zero-order valence-electron chi connectivity index (χ0n) is 19.6. The van der Waals surface area contributed by atoms with Gasteiger partial charge >= 0.3 is 0 Å². The minimum atomic E-state index is -0.273. The number of amides is 1. The lowest BCUT2D eigenvalue weighted by Gasteiger charge is -2.35. The average Bonchev–Trinajstić information content (AvgIpc) is 2.75. The number of carbonyl (C=O) groups is 1. The Balaban J connectivity index is 2.08. The average molecular weight is 436 g/mol. The quantitative estimate of drug-likeness (QED) is 0.416. The molecule has 0 saturated carbocycles. The molecule has 9 nitrogen and oxygen atoms in total. The van der Waals surface area contributed by atoms with Crippen molar-refractivity contribution in [1.29, 1.82) is 0 Å². The van der Waals surface area contributed by atoms with Gasteiger partial charge in [-0.3, -0.25) is 14.7 Å². The third-order valence-corrected chi connectivity index (χ3v) is 4.90. The first-order valence-corrected chi connectivity index (χ1v) is 10.6. The molecule has 1 atom stereocenters. The van der Waals surface area contributed by atoms with Gasteiger partial charge in [0, 0.05) is 32.2 Å². The number of ether oxygens (including phenoxy) is 3. The van der Waals surface area contributed by atoms with Gasteiger partial charge in [-0.25, -0.2) is 0 Å². The molecular weight excluding hydrogens is 398 g/mol. The third-order valence-electron chi connectivity index (χ3n) is 4.90. The molecule has 1 unspecified atom stereocenters. The first-order chi connectivity index (χ1) is 14.8. The lowest BCUT2D eigenvalue weighted by molar-refractivity contribution is -0.121. The number of guanidine groups is 1. The van der Waals surface area contributed by atoms with Crippen LogP contribution in [-0.4, -0.2) is 83.0 Å². The van der Waals surface area contributed by atoms with Crippen LogP contribution in [0.5, 0.6) is 11.5 Å². The molecule has 1 amide bonds. The van der Waals surface area contributed by atoms with Crippen molar-refractivity contribution < 1.29 is 19.0 Å². The van der Waals surface area contributed by atoms with E-state index in [-0.39, 0.29) is 24.0 Å². The Morgan fingerprint density at radius 3 is 2.42 bits per heavy atom. The molecule has 1 aromatic carbocycles. The van der Waals surface area contributed by atoms with Gasteiger partial charge in [-0.05, 0) is 38.5 Å². The molecule has 3 N–H and O–H groups in total. The van der Waals surface area contributed by atoms with E-state index < -0.39 is 0 Å². The van der Waals surface area contributed by atoms with E-state index in [4.69, 9.17) is 14.2 Å². The van der Waals surface area contributed by atoms with Crippen LogP contribution < -0.4 is 25.4 Å². The summed E-state index contributed by atoms with van der Waals surface area (Å²) in [6, 6.07) is 6.06. The molecule has 1 fully saturated rings. The first kappa shape index (κ1) is 24.7. The molecule has 1 saturated heterocycles. The SMILES string of the molecule is CN=C(NCC(=O)NC(C)(C)C)NCC(c1ccc(OC)c(OC)c1)N1CCOCC1. The van der Waals surface area contributed by atoms with Gasteiger partial charge in [-0.15, -0.1) is 0 Å². The van der Waals surface area contributed by atoms with Gasteiger partial charge in [-0.1, -0.05) is 6.07 Å². The van der Waals surface area contributed by atoms with Crippen molar-refractivity contribution in [3.8, 4) is 11.5 Å². The summed E-state index contributed by atoms with van der Waals surface area (Å²) in [5.74, 6) is 1.88. The van der Waals surface area contributed by atoms with E-state index in [1.54, 1.807) is 21.3 Å². The van der Waals surface area contributed by atoms with Gasteiger partial charge in [-0.2, -0.15) is 0 Å². The van der Waals surface area contributed by atoms with Crippen molar-refractivity contribution >= 4 is 11.9 Å². The van der Waals surface area contributed by atoms with Gasteiger partial charge in [0.05, 0.1) is 40.0 Å². The van der Waals surface area contributed by atoms with Crippen molar-refractivity contribution in [2.24, 2.45) is 4.99 Å². The molecule has 2 rings (SSSR count). The van der Waals surface area contributed by atoms with E-state index >= 15 is 0 Å². The van der Waals surface area contributed by atoms with E-state index in [1.807, 2.05) is 32.9 Å². The number of hydrogen-bond acceptors (Lipinski definition) is 6. The summed E-state index contributed by atoms with van der Waals surface area (Å²) in [5.41, 5.74) is 0.831. The van der Waals surface area contributed by atoms with Crippen molar-refractivity contribution in [2.45, 2.75) is 32.4 Å². The van der Waals surface area contributed by atoms with Gasteiger partial charge in [0.2, 0.25) is 5.91 Å². The number of nitrogens with zero attached hydrogens (tertiary/aromatic N) is 2. The largest absolute Gasteiger partial charge is 0.493 e. The molecule has 174 valence electrons. The van der Waals surface area contributed by atoms with E-state index in [0.29, 0.717) is 37.2 Å². The highest BCUT2D eigenvalue weighted by Gasteiger charge is 2.24. The highest BCUT2D eigenvalue weighted by atomic mass is 16.5. The van der Waals surface area contributed by atoms with Crippen LogP contribution >= 0.6 is 0 Å². The Morgan fingerprint density at radius 2 is 1.84 bits per heavy atom. The summed E-state index contributed by atoms with van der Waals surface area (Å²) in [7, 11) is 4.96. The highest BCUT2D eigenvalue weighted by Crippen LogP contribution is 2.32. The fourth-order valence-corrected chi connectivity index (χ4v) is 3.45. The maximum absolute atomic E-state index is 12.1. The molecule has 1 aliphatic heterocycles. The number of aliphatic imine (C=N–C) groups is 1. The van der Waals surface area contributed by atoms with E-state index in [0.717, 1.165) is 18.7 Å². The minimum absolute atomic E-state index is 0.0747. The summed E-state index contributed by atoms with van der Waals surface area (Å²) in [4.78, 5) is 18.7. The third kappa shape index (κ3) is 7.91. The van der Waals surface area contributed by atoms with Gasteiger partial charge in [0.25, 0.3) is 0 Å². The standard InChI is InChI=1S/C22H37N5O4/c1-22(2,3)26-20(28)15-25-21(23-4)24-14-17(27-9-11-31-12-10-27)16-7-8-18(29-5)19(13-16)30-6/h7-8,13,17H,9-12,14-15H2,1-6H3,(H,26,28)(H2,23,24,25). The fourth-order valence-electron chi connectivity index (χ4n) is 3.45. The van der Waals surface area contributed by atoms with E-state index in [2.05, 4.69) is 31.9 Å². The minimum Gasteiger partial charge on any atom is -0.493 e. The topological polar surface area (TPSA) is 96.5 Å². The molecule has 0 spiro atoms. The molecule has 0 aliphatic carbocycles. The Bertz CT molecular complexity index is 742. The van der Waals surface area contributed by atoms with Gasteiger partial charge in [0.1, 0.15) is 0 Å². The first-order valence-electron chi connectivity index (χ1n) is 10.6. The van der Waals surface area contributed by atoms with Gasteiger partial charge < -0.3 is 30.2 Å². The second-order valence-electron chi connectivity index (χ2n) is 8.38. The number of carbonyl (C=O) groups excluding carboxylic acids is 1. The summed E-state index contributed by atoms with van der Waals surface area (Å²) in [6.45, 7) is 9.68. The smallest absolute Gasteiger partial charge is 0.239 e. The summed E-state index contributed by atoms with van der Waals surface area (Å²) in [6.07, 6.45) is 0. The van der Waals surface area contributed by atoms with Crippen LogP contribution in [0.25, 0.3) is 0 Å². The van der Waals surface area contributed by atoms with Crippen molar-refractivity contribution in [3.63, 3.8) is 0 Å². The number of rotatable bonds is 8. The zero-order chi connectivity index (χ0) is 22.9. The molecule has 31 heavy (non-hydrogen) atoms. The van der Waals surface area contributed by atoms with Crippen LogP contribution in [0, 0.1) is 0 Å². The van der Waals surface area contributed by atoms with Crippen molar-refractivity contribution in [3.05, 3.63) is 23.8 Å². The number of benzene rings is 1. The van der Waals surface area contributed by atoms with Crippen molar-refractivity contribution in [1.82, 2.24) is 20.9 Å². The number of morpholine rings is 1. The van der Waals surface area contributed by atoms with Crippen LogP contribution in [0.4, 0.5) is 0 Å². The Labute approximate surface area is 185 Å². The van der Waals surface area contributed by atoms with E-state index in [1.165, 1.54) is 0 Å². The maximum Gasteiger partial charge on any atom is 0.239 e. The van der Waals surface area contributed by atoms with Crippen LogP contribution in [0.3, 0.4) is 0 Å². The number of nitrogens with one attached hydrogen (secondary N) is 3. The summed E-state index contributed by atoms with van der Waals surface area (Å²) in [5, 5.41) is 9.37. The van der Waals surface area contributed by atoms with Gasteiger partial charge in [0.15, 0.2) is 17.5 Å². The molecule has 1 aromatic rings. The Morgan fingerprint density at radius 1 is 1.16 bits per heavy atom. The fraction of sp³-hybridized carbons (Fsp3) is 0.636. The summed E-state index contributed by atoms with van der Waals surface area (Å²) < 4.78 is 16.4. The molecule has 0 aromatic heterocycles. The Kier molecular flexibility index (Phi) is 9.39. The predicted molar refractivity (Wildman–Crippen MR) is 122 cm³/mol. The lowest BCUT2D eigenvalue weighted by Crippen LogP contribution is -2.50. The zero-order valence-corrected chi connectivity index (χ0v) is 19.6. The van der Waals surface area contributed by atoms with Crippen LogP contribution in [0.1, 0.15) is 32.4 Å². The predicted octanol–water partition coefficient (Wildman–Crippen LogP) is 1.16. The van der Waals surface area contributed by atoms with Crippen LogP contribution in [0.15, 0.2) is 23.2 Å². The molecule has 0 bridgehead atoms. The van der Waals surface area contributed by atoms with Crippen LogP contribution in [-0.2, 0) is 9.53 Å². The molecular formula is C22H37N5O4. The second kappa shape index (κ2) is 11.8. The van der Waals surface area contributed by atoms with E-state index in [9.17, 15) is 4.79 Å². The summed E-state index contributed by atoms with van der Waals surface area (Å²) >= 11 is 0. The van der Waals surface area contributed by atoms with Crippen molar-refractivity contribution in [2.75, 3.05) is 60.7 Å². The Hall–Kier alpha value is -2.52. The normalized spacial score (nSPS) is 16.4. The molecule has 0 radical (unpaired) electrons. The number of hydrogen-bond donors (Lipinski definition) is 3. The maximum atomic E-state index is 12.1. The van der Waals surface area contributed by atoms with Crippen LogP contribution in [0.2, 0.25) is 0 Å². The number of methoxy groups -OCH3 is 2. The second-order valence-corrected chi connectivity index (χ2v) is 8.38. The lowest BCUT2D eigenvalue weighted by atomic mass is 10.0. The monoisotopic (exact) mass is 435 g/mol. The molecule has 1 heterocycles. The molecule has 1 aliphatic rings.